The molecule has 0 amide bonds. The number of aliphatic imine (C=N–C) groups is 1. The zero-order chi connectivity index (χ0) is 17.8. The summed E-state index contributed by atoms with van der Waals surface area (Å²) < 4.78 is 12.0. The third kappa shape index (κ3) is 6.25. The predicted octanol–water partition coefficient (Wildman–Crippen LogP) is 4.62. The Balaban J connectivity index is 2.37. The zero-order valence-corrected chi connectivity index (χ0v) is 17.2. The fraction of sp³-hybridized carbons (Fsp3) is 0.353. The van der Waals surface area contributed by atoms with Crippen molar-refractivity contribution in [1.29, 1.82) is 0 Å². The van der Waals surface area contributed by atoms with Crippen molar-refractivity contribution in [3.8, 4) is 6.01 Å². The minimum absolute atomic E-state index is 0.371. The number of nitrogens with zero attached hydrogens (tertiary/aromatic N) is 3. The summed E-state index contributed by atoms with van der Waals surface area (Å²) in [5.74, 6) is 1.13. The molecule has 24 heavy (non-hydrogen) atoms. The van der Waals surface area contributed by atoms with Gasteiger partial charge in [-0.25, -0.2) is 4.98 Å². The Hall–Kier alpha value is -2.00. The first-order valence-corrected chi connectivity index (χ1v) is 14.8. The van der Waals surface area contributed by atoms with E-state index in [9.17, 15) is 0 Å². The average molecular weight is 360 g/mol. The Bertz CT molecular complexity index is 708. The van der Waals surface area contributed by atoms with E-state index in [4.69, 9.17) is 8.85 Å². The Kier molecular flexibility index (Phi) is 5.56. The van der Waals surface area contributed by atoms with Crippen molar-refractivity contribution in [3.05, 3.63) is 48.2 Å². The van der Waals surface area contributed by atoms with Crippen LogP contribution in [0.5, 0.6) is 6.01 Å². The maximum absolute atomic E-state index is 6.16. The third-order valence-electron chi connectivity index (χ3n) is 2.66. The second-order valence-corrected chi connectivity index (χ2v) is 16.3. The molecule has 0 unspecified atom stereocenters. The first kappa shape index (κ1) is 18.3. The molecule has 1 heterocycles. The highest BCUT2D eigenvalue weighted by Crippen LogP contribution is 2.18. The van der Waals surface area contributed by atoms with E-state index in [0.29, 0.717) is 17.7 Å². The molecule has 0 fully saturated rings. The standard InChI is InChI=1S/C17H25N3O2Si2/c1-23(2,3)21-16(14-10-8-7-9-11-14)19-15-12-13-18-17(20-15)22-24(4,5)6/h7-13H,1-6H3/b19-16-. The van der Waals surface area contributed by atoms with Crippen molar-refractivity contribution in [2.75, 3.05) is 0 Å². The molecule has 2 aromatic rings. The third-order valence-corrected chi connectivity index (χ3v) is 4.26. The molecule has 1 aromatic carbocycles. The number of hydrogen-bond donors (Lipinski definition) is 0. The van der Waals surface area contributed by atoms with Crippen LogP contribution in [0.3, 0.4) is 0 Å². The Morgan fingerprint density at radius 1 is 0.917 bits per heavy atom. The van der Waals surface area contributed by atoms with Crippen LogP contribution in [0.4, 0.5) is 5.82 Å². The second-order valence-electron chi connectivity index (χ2n) is 7.41. The van der Waals surface area contributed by atoms with Crippen LogP contribution in [0.2, 0.25) is 39.3 Å². The van der Waals surface area contributed by atoms with Crippen molar-refractivity contribution in [3.63, 3.8) is 0 Å². The van der Waals surface area contributed by atoms with Crippen molar-refractivity contribution in [2.24, 2.45) is 4.99 Å². The van der Waals surface area contributed by atoms with E-state index in [1.54, 1.807) is 12.3 Å². The fourth-order valence-electron chi connectivity index (χ4n) is 1.84. The van der Waals surface area contributed by atoms with Gasteiger partial charge in [-0.3, -0.25) is 0 Å². The quantitative estimate of drug-likeness (QED) is 0.444. The van der Waals surface area contributed by atoms with Crippen LogP contribution in [0.1, 0.15) is 5.56 Å². The summed E-state index contributed by atoms with van der Waals surface area (Å²) in [6.45, 7) is 12.7. The monoisotopic (exact) mass is 359 g/mol. The van der Waals surface area contributed by atoms with Crippen molar-refractivity contribution < 1.29 is 8.85 Å². The van der Waals surface area contributed by atoms with Gasteiger partial charge in [-0.05, 0) is 51.4 Å². The van der Waals surface area contributed by atoms with E-state index in [0.717, 1.165) is 5.56 Å². The summed E-state index contributed by atoms with van der Waals surface area (Å²) >= 11 is 0. The lowest BCUT2D eigenvalue weighted by Crippen LogP contribution is -2.30. The molecule has 0 N–H and O–H groups in total. The Morgan fingerprint density at radius 3 is 2.17 bits per heavy atom. The van der Waals surface area contributed by atoms with Gasteiger partial charge in [-0.1, -0.05) is 18.2 Å². The summed E-state index contributed by atoms with van der Waals surface area (Å²) in [5, 5.41) is 0. The number of aromatic nitrogens is 2. The largest absolute Gasteiger partial charge is 0.531 e. The minimum Gasteiger partial charge on any atom is -0.531 e. The van der Waals surface area contributed by atoms with Gasteiger partial charge in [-0.2, -0.15) is 9.98 Å². The van der Waals surface area contributed by atoms with Crippen LogP contribution in [-0.4, -0.2) is 32.5 Å². The predicted molar refractivity (Wildman–Crippen MR) is 103 cm³/mol. The normalized spacial score (nSPS) is 12.8. The lowest BCUT2D eigenvalue weighted by atomic mass is 10.2. The second kappa shape index (κ2) is 7.27. The summed E-state index contributed by atoms with van der Waals surface area (Å²) in [4.78, 5) is 13.2. The van der Waals surface area contributed by atoms with Crippen LogP contribution in [0.15, 0.2) is 47.6 Å². The topological polar surface area (TPSA) is 56.6 Å². The molecular weight excluding hydrogens is 334 g/mol. The van der Waals surface area contributed by atoms with Gasteiger partial charge in [0.05, 0.1) is 0 Å². The molecule has 0 aliphatic rings. The molecule has 0 bridgehead atoms. The van der Waals surface area contributed by atoms with Crippen LogP contribution < -0.4 is 4.43 Å². The SMILES string of the molecule is C[Si](C)(C)O/C(=N\c1ccnc(O[Si](C)(C)C)n1)c1ccccc1. The smallest absolute Gasteiger partial charge is 0.304 e. The van der Waals surface area contributed by atoms with E-state index >= 15 is 0 Å². The van der Waals surface area contributed by atoms with Crippen molar-refractivity contribution >= 4 is 28.4 Å². The maximum Gasteiger partial charge on any atom is 0.304 e. The fourth-order valence-corrected chi connectivity index (χ4v) is 3.23. The molecule has 0 spiro atoms. The number of rotatable bonds is 5. The van der Waals surface area contributed by atoms with Crippen LogP contribution in [0.25, 0.3) is 0 Å². The average Bonchev–Trinajstić information content (AvgIpc) is 2.45. The van der Waals surface area contributed by atoms with E-state index < -0.39 is 16.6 Å². The number of hydrogen-bond acceptors (Lipinski definition) is 5. The van der Waals surface area contributed by atoms with Crippen molar-refractivity contribution in [1.82, 2.24) is 9.97 Å². The molecule has 0 aliphatic heterocycles. The first-order chi connectivity index (χ1) is 11.1. The Morgan fingerprint density at radius 2 is 1.58 bits per heavy atom. The summed E-state index contributed by atoms with van der Waals surface area (Å²) in [5.41, 5.74) is 0.936. The van der Waals surface area contributed by atoms with Gasteiger partial charge in [0.15, 0.2) is 5.82 Å². The summed E-state index contributed by atoms with van der Waals surface area (Å²) in [6, 6.07) is 12.0. The van der Waals surface area contributed by atoms with Gasteiger partial charge < -0.3 is 8.85 Å². The highest BCUT2D eigenvalue weighted by molar-refractivity contribution is 6.71. The Labute approximate surface area is 146 Å². The van der Waals surface area contributed by atoms with Crippen LogP contribution in [0, 0.1) is 0 Å². The maximum atomic E-state index is 6.16. The minimum atomic E-state index is -1.81. The first-order valence-electron chi connectivity index (χ1n) is 7.98. The van der Waals surface area contributed by atoms with Gasteiger partial charge in [-0.15, -0.1) is 0 Å². The van der Waals surface area contributed by atoms with Crippen LogP contribution in [-0.2, 0) is 4.43 Å². The van der Waals surface area contributed by atoms with Crippen LogP contribution >= 0.6 is 0 Å². The van der Waals surface area contributed by atoms with E-state index in [1.807, 2.05) is 30.3 Å². The molecule has 0 atom stereocenters. The van der Waals surface area contributed by atoms with Gasteiger partial charge >= 0.3 is 6.01 Å². The lowest BCUT2D eigenvalue weighted by Gasteiger charge is -2.21. The zero-order valence-electron chi connectivity index (χ0n) is 15.2. The molecule has 0 saturated carbocycles. The molecule has 0 saturated heterocycles. The lowest BCUT2D eigenvalue weighted by molar-refractivity contribution is 0.509. The summed E-state index contributed by atoms with van der Waals surface area (Å²) in [7, 11) is -3.57. The van der Waals surface area contributed by atoms with E-state index in [1.165, 1.54) is 0 Å². The van der Waals surface area contributed by atoms with E-state index in [-0.39, 0.29) is 0 Å². The van der Waals surface area contributed by atoms with Gasteiger partial charge in [0.2, 0.25) is 22.5 Å². The van der Waals surface area contributed by atoms with Gasteiger partial charge in [0.25, 0.3) is 0 Å². The summed E-state index contributed by atoms with van der Waals surface area (Å²) in [6.07, 6.45) is 1.67. The number of benzene rings is 1. The van der Waals surface area contributed by atoms with Gasteiger partial charge in [0.1, 0.15) is 0 Å². The van der Waals surface area contributed by atoms with Gasteiger partial charge in [0, 0.05) is 17.8 Å². The highest BCUT2D eigenvalue weighted by atomic mass is 28.4. The highest BCUT2D eigenvalue weighted by Gasteiger charge is 2.21. The van der Waals surface area contributed by atoms with Crippen molar-refractivity contribution in [2.45, 2.75) is 39.3 Å². The molecule has 1 aromatic heterocycles. The molecule has 5 nitrogen and oxygen atoms in total. The van der Waals surface area contributed by atoms with E-state index in [2.05, 4.69) is 54.2 Å². The molecular formula is C17H25N3O2Si2. The molecule has 128 valence electrons. The molecule has 2 rings (SSSR count). The molecule has 0 radical (unpaired) electrons. The molecule has 0 aliphatic carbocycles. The molecule has 7 heteroatoms.